The number of guanidine groups is 1. The largest absolute Gasteiger partial charge is 0.369 e. The molecule has 1 aliphatic heterocycles. The van der Waals surface area contributed by atoms with Crippen molar-refractivity contribution in [2.24, 2.45) is 10.7 Å². The Bertz CT molecular complexity index is 654. The average molecular weight is 269 g/mol. The molecular weight excluding hydrogens is 253 g/mol. The highest BCUT2D eigenvalue weighted by Gasteiger charge is 2.42. The minimum atomic E-state index is -0.600. The van der Waals surface area contributed by atoms with E-state index >= 15 is 0 Å². The molecule has 2 aromatic rings. The van der Waals surface area contributed by atoms with E-state index in [1.165, 1.54) is 6.07 Å². The van der Waals surface area contributed by atoms with Crippen molar-refractivity contribution < 1.29 is 4.39 Å². The van der Waals surface area contributed by atoms with E-state index in [0.29, 0.717) is 18.1 Å². The van der Waals surface area contributed by atoms with Crippen molar-refractivity contribution in [1.82, 2.24) is 0 Å². The van der Waals surface area contributed by atoms with Gasteiger partial charge in [0.25, 0.3) is 0 Å². The maximum Gasteiger partial charge on any atom is 0.196 e. The Morgan fingerprint density at radius 3 is 2.45 bits per heavy atom. The Morgan fingerprint density at radius 1 is 1.10 bits per heavy atom. The van der Waals surface area contributed by atoms with Crippen LogP contribution in [0.1, 0.15) is 12.5 Å². The maximum atomic E-state index is 14.2. The number of anilines is 1. The van der Waals surface area contributed by atoms with Gasteiger partial charge in [-0.15, -0.1) is 0 Å². The summed E-state index contributed by atoms with van der Waals surface area (Å²) in [5, 5.41) is 0. The molecule has 1 heterocycles. The number of nitrogens with two attached hydrogens (primary N) is 1. The van der Waals surface area contributed by atoms with Gasteiger partial charge in [0.1, 0.15) is 5.82 Å². The second-order valence-corrected chi connectivity index (χ2v) is 5.10. The fourth-order valence-corrected chi connectivity index (χ4v) is 2.73. The van der Waals surface area contributed by atoms with Gasteiger partial charge in [-0.2, -0.15) is 0 Å². The van der Waals surface area contributed by atoms with Gasteiger partial charge >= 0.3 is 0 Å². The number of rotatable bonds is 2. The zero-order chi connectivity index (χ0) is 14.2. The lowest BCUT2D eigenvalue weighted by molar-refractivity contribution is 0.488. The third-order valence-electron chi connectivity index (χ3n) is 3.74. The van der Waals surface area contributed by atoms with Gasteiger partial charge in [-0.05, 0) is 25.1 Å². The molecule has 1 aliphatic rings. The Kier molecular flexibility index (Phi) is 2.93. The first-order chi connectivity index (χ1) is 9.63. The second-order valence-electron chi connectivity index (χ2n) is 5.10. The van der Waals surface area contributed by atoms with Crippen molar-refractivity contribution in [1.29, 1.82) is 0 Å². The second kappa shape index (κ2) is 4.63. The molecule has 2 N–H and O–H groups in total. The fourth-order valence-electron chi connectivity index (χ4n) is 2.73. The summed E-state index contributed by atoms with van der Waals surface area (Å²) in [6, 6.07) is 16.5. The monoisotopic (exact) mass is 269 g/mol. The predicted octanol–water partition coefficient (Wildman–Crippen LogP) is 2.88. The van der Waals surface area contributed by atoms with Crippen LogP contribution in [-0.4, -0.2) is 12.5 Å². The Hall–Kier alpha value is -2.36. The van der Waals surface area contributed by atoms with Gasteiger partial charge in [-0.25, -0.2) is 4.39 Å². The van der Waals surface area contributed by atoms with Gasteiger partial charge in [-0.1, -0.05) is 36.4 Å². The highest BCUT2D eigenvalue weighted by molar-refractivity contribution is 5.98. The molecule has 0 aromatic heterocycles. The first kappa shape index (κ1) is 12.7. The number of nitrogens with zero attached hydrogens (tertiary/aromatic N) is 2. The van der Waals surface area contributed by atoms with Crippen LogP contribution in [0.3, 0.4) is 0 Å². The summed E-state index contributed by atoms with van der Waals surface area (Å²) in [5.74, 6) is 0.183. The summed E-state index contributed by atoms with van der Waals surface area (Å²) in [6.07, 6.45) is 0. The fraction of sp³-hybridized carbons (Fsp3) is 0.188. The molecule has 0 amide bonds. The summed E-state index contributed by atoms with van der Waals surface area (Å²) >= 11 is 0. The summed E-state index contributed by atoms with van der Waals surface area (Å²) in [7, 11) is 0. The molecule has 102 valence electrons. The van der Waals surface area contributed by atoms with Gasteiger partial charge < -0.3 is 10.6 Å². The van der Waals surface area contributed by atoms with E-state index in [-0.39, 0.29) is 5.82 Å². The van der Waals surface area contributed by atoms with Gasteiger partial charge in [0.05, 0.1) is 12.1 Å². The van der Waals surface area contributed by atoms with E-state index < -0.39 is 5.54 Å². The van der Waals surface area contributed by atoms with Crippen LogP contribution in [0.4, 0.5) is 10.1 Å². The summed E-state index contributed by atoms with van der Waals surface area (Å²) in [4.78, 5) is 6.21. The predicted molar refractivity (Wildman–Crippen MR) is 79.2 cm³/mol. The van der Waals surface area contributed by atoms with Crippen LogP contribution >= 0.6 is 0 Å². The zero-order valence-corrected chi connectivity index (χ0v) is 11.3. The highest BCUT2D eigenvalue weighted by atomic mass is 19.1. The lowest BCUT2D eigenvalue weighted by atomic mass is 9.90. The van der Waals surface area contributed by atoms with Crippen LogP contribution in [0.25, 0.3) is 0 Å². The zero-order valence-electron chi connectivity index (χ0n) is 11.3. The molecule has 1 atom stereocenters. The van der Waals surface area contributed by atoms with Gasteiger partial charge in [0, 0.05) is 11.3 Å². The number of hydrogen-bond donors (Lipinski definition) is 1. The number of para-hydroxylation sites is 1. The summed E-state index contributed by atoms with van der Waals surface area (Å²) < 4.78 is 14.2. The minimum absolute atomic E-state index is 0.235. The normalized spacial score (nSPS) is 21.9. The van der Waals surface area contributed by atoms with E-state index in [1.54, 1.807) is 12.1 Å². The molecule has 0 fully saturated rings. The number of halogens is 1. The topological polar surface area (TPSA) is 41.6 Å². The van der Waals surface area contributed by atoms with Crippen LogP contribution in [-0.2, 0) is 5.54 Å². The van der Waals surface area contributed by atoms with Crippen molar-refractivity contribution in [3.8, 4) is 0 Å². The summed E-state index contributed by atoms with van der Waals surface area (Å²) in [6.45, 7) is 2.40. The lowest BCUT2D eigenvalue weighted by Crippen LogP contribution is -2.48. The third kappa shape index (κ3) is 1.84. The van der Waals surface area contributed by atoms with Crippen molar-refractivity contribution in [3.05, 3.63) is 66.0 Å². The maximum absolute atomic E-state index is 14.2. The Labute approximate surface area is 117 Å². The molecule has 0 saturated heterocycles. The first-order valence-electron chi connectivity index (χ1n) is 6.53. The van der Waals surface area contributed by atoms with Crippen LogP contribution < -0.4 is 10.6 Å². The van der Waals surface area contributed by atoms with Crippen molar-refractivity contribution in [2.75, 3.05) is 11.4 Å². The smallest absolute Gasteiger partial charge is 0.196 e. The first-order valence-corrected chi connectivity index (χ1v) is 6.53. The molecule has 0 spiro atoms. The highest BCUT2D eigenvalue weighted by Crippen LogP contribution is 2.37. The van der Waals surface area contributed by atoms with Gasteiger partial charge in [-0.3, -0.25) is 4.99 Å². The molecule has 3 rings (SSSR count). The van der Waals surface area contributed by atoms with E-state index in [9.17, 15) is 4.39 Å². The standard InChI is InChI=1S/C16H16FN3/c1-16(13-9-5-6-10-14(13)17)11-19-15(18)20(16)12-7-3-2-4-8-12/h2-10H,11H2,1H3,(H2,18,19). The quantitative estimate of drug-likeness (QED) is 0.910. The molecule has 4 heteroatoms. The summed E-state index contributed by atoms with van der Waals surface area (Å²) in [5.41, 5.74) is 6.95. The van der Waals surface area contributed by atoms with Crippen molar-refractivity contribution in [3.63, 3.8) is 0 Å². The molecule has 2 aromatic carbocycles. The van der Waals surface area contributed by atoms with E-state index in [1.807, 2.05) is 48.2 Å². The lowest BCUT2D eigenvalue weighted by Gasteiger charge is -2.36. The molecule has 0 radical (unpaired) electrons. The number of aliphatic imine (C=N–C) groups is 1. The van der Waals surface area contributed by atoms with Crippen molar-refractivity contribution in [2.45, 2.75) is 12.5 Å². The molecule has 0 saturated carbocycles. The van der Waals surface area contributed by atoms with Gasteiger partial charge in [0.15, 0.2) is 5.96 Å². The molecule has 1 unspecified atom stereocenters. The van der Waals surface area contributed by atoms with Gasteiger partial charge in [0.2, 0.25) is 0 Å². The Balaban J connectivity index is 2.12. The number of benzene rings is 2. The molecule has 3 nitrogen and oxygen atoms in total. The van der Waals surface area contributed by atoms with Crippen LogP contribution in [0.2, 0.25) is 0 Å². The number of hydrogen-bond acceptors (Lipinski definition) is 3. The van der Waals surface area contributed by atoms with E-state index in [2.05, 4.69) is 4.99 Å². The van der Waals surface area contributed by atoms with Crippen LogP contribution in [0.15, 0.2) is 59.6 Å². The van der Waals surface area contributed by atoms with Crippen LogP contribution in [0.5, 0.6) is 0 Å². The average Bonchev–Trinajstić information content (AvgIpc) is 2.77. The molecule has 0 aliphatic carbocycles. The van der Waals surface area contributed by atoms with E-state index in [0.717, 1.165) is 5.69 Å². The van der Waals surface area contributed by atoms with Crippen LogP contribution in [0, 0.1) is 5.82 Å². The molecular formula is C16H16FN3. The van der Waals surface area contributed by atoms with Crippen molar-refractivity contribution >= 4 is 11.6 Å². The SMILES string of the molecule is CC1(c2ccccc2F)CN=C(N)N1c1ccccc1. The third-order valence-corrected chi connectivity index (χ3v) is 3.74. The van der Waals surface area contributed by atoms with E-state index in [4.69, 9.17) is 5.73 Å². The molecule has 20 heavy (non-hydrogen) atoms. The molecule has 0 bridgehead atoms. The minimum Gasteiger partial charge on any atom is -0.369 e. The Morgan fingerprint density at radius 2 is 1.75 bits per heavy atom.